The molecule has 28 heavy (non-hydrogen) atoms. The Hall–Kier alpha value is -1.86. The standard InChI is InChI=1S/C21H37N5O2/c1-4-22-21(24-12-8-14-26-13-6-5-9-18(26)2)25-17-19-10-7-11-23-20(19)28-16-15-27-3/h7,10-11,18H,4-6,8-9,12-17H2,1-3H3,(H2,22,24,25). The van der Waals surface area contributed by atoms with Gasteiger partial charge in [0.25, 0.3) is 0 Å². The van der Waals surface area contributed by atoms with Crippen molar-refractivity contribution < 1.29 is 9.47 Å². The highest BCUT2D eigenvalue weighted by atomic mass is 16.5. The summed E-state index contributed by atoms with van der Waals surface area (Å²) in [6, 6.07) is 4.63. The van der Waals surface area contributed by atoms with Gasteiger partial charge in [0.1, 0.15) is 6.61 Å². The number of methoxy groups -OCH3 is 1. The van der Waals surface area contributed by atoms with E-state index in [1.807, 2.05) is 12.1 Å². The fourth-order valence-electron chi connectivity index (χ4n) is 3.38. The number of aromatic nitrogens is 1. The minimum atomic E-state index is 0.484. The topological polar surface area (TPSA) is 71.0 Å². The predicted octanol–water partition coefficient (Wildman–Crippen LogP) is 2.43. The van der Waals surface area contributed by atoms with E-state index in [9.17, 15) is 0 Å². The number of ether oxygens (including phenoxy) is 2. The maximum atomic E-state index is 5.69. The zero-order chi connectivity index (χ0) is 20.0. The number of hydrogen-bond donors (Lipinski definition) is 2. The van der Waals surface area contributed by atoms with E-state index in [0.29, 0.717) is 25.6 Å². The van der Waals surface area contributed by atoms with E-state index in [1.54, 1.807) is 13.3 Å². The molecule has 1 atom stereocenters. The third kappa shape index (κ3) is 8.02. The van der Waals surface area contributed by atoms with E-state index in [4.69, 9.17) is 14.5 Å². The molecule has 2 heterocycles. The molecule has 0 amide bonds. The van der Waals surface area contributed by atoms with E-state index < -0.39 is 0 Å². The molecule has 7 nitrogen and oxygen atoms in total. The van der Waals surface area contributed by atoms with Crippen molar-refractivity contribution in [2.24, 2.45) is 4.99 Å². The average molecular weight is 392 g/mol. The van der Waals surface area contributed by atoms with Crippen molar-refractivity contribution in [2.45, 2.75) is 52.1 Å². The summed E-state index contributed by atoms with van der Waals surface area (Å²) in [6.45, 7) is 10.1. The summed E-state index contributed by atoms with van der Waals surface area (Å²) >= 11 is 0. The Morgan fingerprint density at radius 1 is 1.32 bits per heavy atom. The first-order valence-electron chi connectivity index (χ1n) is 10.6. The summed E-state index contributed by atoms with van der Waals surface area (Å²) < 4.78 is 10.7. The molecule has 1 saturated heterocycles. The van der Waals surface area contributed by atoms with Crippen LogP contribution in [-0.2, 0) is 11.3 Å². The van der Waals surface area contributed by atoms with Crippen molar-refractivity contribution in [1.82, 2.24) is 20.5 Å². The van der Waals surface area contributed by atoms with E-state index in [2.05, 4.69) is 34.4 Å². The number of piperidine rings is 1. The maximum Gasteiger partial charge on any atom is 0.218 e. The number of nitrogens with one attached hydrogen (secondary N) is 2. The van der Waals surface area contributed by atoms with Gasteiger partial charge in [0.2, 0.25) is 5.88 Å². The predicted molar refractivity (Wildman–Crippen MR) is 114 cm³/mol. The number of pyridine rings is 1. The van der Waals surface area contributed by atoms with Crippen LogP contribution in [0.2, 0.25) is 0 Å². The van der Waals surface area contributed by atoms with Gasteiger partial charge in [-0.1, -0.05) is 12.5 Å². The van der Waals surface area contributed by atoms with E-state index >= 15 is 0 Å². The Kier molecular flexibility index (Phi) is 10.7. The molecule has 2 N–H and O–H groups in total. The van der Waals surface area contributed by atoms with Gasteiger partial charge in [0.05, 0.1) is 13.2 Å². The molecule has 0 radical (unpaired) electrons. The number of nitrogens with zero attached hydrogens (tertiary/aromatic N) is 3. The lowest BCUT2D eigenvalue weighted by Crippen LogP contribution is -2.41. The second-order valence-electron chi connectivity index (χ2n) is 7.17. The minimum absolute atomic E-state index is 0.484. The van der Waals surface area contributed by atoms with Crippen LogP contribution in [0.25, 0.3) is 0 Å². The van der Waals surface area contributed by atoms with E-state index in [1.165, 1.54) is 25.8 Å². The molecule has 0 bridgehead atoms. The van der Waals surface area contributed by atoms with Gasteiger partial charge in [0, 0.05) is 44.5 Å². The number of rotatable bonds is 11. The molecule has 1 aromatic rings. The number of guanidine groups is 1. The first-order valence-corrected chi connectivity index (χ1v) is 10.6. The summed E-state index contributed by atoms with van der Waals surface area (Å²) in [7, 11) is 1.66. The Morgan fingerprint density at radius 2 is 2.21 bits per heavy atom. The molecule has 0 aromatic carbocycles. The van der Waals surface area contributed by atoms with Crippen LogP contribution in [0.3, 0.4) is 0 Å². The first kappa shape index (κ1) is 22.4. The zero-order valence-corrected chi connectivity index (χ0v) is 17.7. The van der Waals surface area contributed by atoms with Crippen molar-refractivity contribution in [3.05, 3.63) is 23.9 Å². The highest BCUT2D eigenvalue weighted by molar-refractivity contribution is 5.79. The molecular formula is C21H37N5O2. The third-order valence-electron chi connectivity index (χ3n) is 4.98. The molecule has 7 heteroatoms. The Morgan fingerprint density at radius 3 is 3.00 bits per heavy atom. The molecule has 0 saturated carbocycles. The van der Waals surface area contributed by atoms with Gasteiger partial charge in [-0.2, -0.15) is 0 Å². The monoisotopic (exact) mass is 391 g/mol. The summed E-state index contributed by atoms with van der Waals surface area (Å²) in [6.07, 6.45) is 6.89. The molecule has 0 aliphatic carbocycles. The van der Waals surface area contributed by atoms with Crippen LogP contribution >= 0.6 is 0 Å². The second kappa shape index (κ2) is 13.3. The Bertz CT molecular complexity index is 582. The Balaban J connectivity index is 1.81. The van der Waals surface area contributed by atoms with Gasteiger partial charge in [-0.05, 0) is 45.7 Å². The number of hydrogen-bond acceptors (Lipinski definition) is 5. The fourth-order valence-corrected chi connectivity index (χ4v) is 3.38. The molecule has 1 fully saturated rings. The number of aliphatic imine (C=N–C) groups is 1. The van der Waals surface area contributed by atoms with E-state index in [0.717, 1.165) is 43.6 Å². The van der Waals surface area contributed by atoms with Crippen molar-refractivity contribution in [2.75, 3.05) is 46.5 Å². The normalized spacial score (nSPS) is 18.1. The highest BCUT2D eigenvalue weighted by Crippen LogP contribution is 2.16. The minimum Gasteiger partial charge on any atom is -0.475 e. The van der Waals surface area contributed by atoms with Crippen LogP contribution in [0.15, 0.2) is 23.3 Å². The van der Waals surface area contributed by atoms with Gasteiger partial charge >= 0.3 is 0 Å². The highest BCUT2D eigenvalue weighted by Gasteiger charge is 2.17. The van der Waals surface area contributed by atoms with Crippen molar-refractivity contribution in [1.29, 1.82) is 0 Å². The smallest absolute Gasteiger partial charge is 0.218 e. The number of likely N-dealkylation sites (tertiary alicyclic amines) is 1. The van der Waals surface area contributed by atoms with Gasteiger partial charge in [-0.15, -0.1) is 0 Å². The third-order valence-corrected chi connectivity index (χ3v) is 4.98. The van der Waals surface area contributed by atoms with Crippen LogP contribution in [0.1, 0.15) is 45.1 Å². The Labute approximate surface area is 169 Å². The van der Waals surface area contributed by atoms with Crippen molar-refractivity contribution in [3.63, 3.8) is 0 Å². The van der Waals surface area contributed by atoms with Crippen molar-refractivity contribution in [3.8, 4) is 5.88 Å². The van der Waals surface area contributed by atoms with E-state index in [-0.39, 0.29) is 0 Å². The fraction of sp³-hybridized carbons (Fsp3) is 0.714. The lowest BCUT2D eigenvalue weighted by Gasteiger charge is -2.33. The van der Waals surface area contributed by atoms with Gasteiger partial charge in [-0.25, -0.2) is 9.98 Å². The quantitative estimate of drug-likeness (QED) is 0.343. The summed E-state index contributed by atoms with van der Waals surface area (Å²) in [4.78, 5) is 11.6. The van der Waals surface area contributed by atoms with Crippen LogP contribution < -0.4 is 15.4 Å². The van der Waals surface area contributed by atoms with Crippen LogP contribution in [0.4, 0.5) is 0 Å². The molecule has 1 aromatic heterocycles. The van der Waals surface area contributed by atoms with Crippen LogP contribution in [0, 0.1) is 0 Å². The lowest BCUT2D eigenvalue weighted by molar-refractivity contribution is 0.143. The van der Waals surface area contributed by atoms with Crippen LogP contribution in [-0.4, -0.2) is 68.4 Å². The molecule has 1 aliphatic heterocycles. The zero-order valence-electron chi connectivity index (χ0n) is 17.7. The molecule has 1 unspecified atom stereocenters. The van der Waals surface area contributed by atoms with Gasteiger partial charge in [-0.3, -0.25) is 0 Å². The van der Waals surface area contributed by atoms with Crippen LogP contribution in [0.5, 0.6) is 5.88 Å². The largest absolute Gasteiger partial charge is 0.475 e. The maximum absolute atomic E-state index is 5.69. The molecular weight excluding hydrogens is 354 g/mol. The van der Waals surface area contributed by atoms with Gasteiger partial charge < -0.3 is 25.0 Å². The van der Waals surface area contributed by atoms with Crippen molar-refractivity contribution >= 4 is 5.96 Å². The lowest BCUT2D eigenvalue weighted by atomic mass is 10.0. The first-order chi connectivity index (χ1) is 13.7. The summed E-state index contributed by atoms with van der Waals surface area (Å²) in [5.41, 5.74) is 0.970. The average Bonchev–Trinajstić information content (AvgIpc) is 2.71. The molecule has 0 spiro atoms. The SMILES string of the molecule is CCNC(=NCc1cccnc1OCCOC)NCCCN1CCCCC1C. The summed E-state index contributed by atoms with van der Waals surface area (Å²) in [5.74, 6) is 1.46. The summed E-state index contributed by atoms with van der Waals surface area (Å²) in [5, 5.41) is 6.76. The molecule has 2 rings (SSSR count). The second-order valence-corrected chi connectivity index (χ2v) is 7.17. The van der Waals surface area contributed by atoms with Gasteiger partial charge in [0.15, 0.2) is 5.96 Å². The molecule has 1 aliphatic rings. The molecule has 158 valence electrons.